The van der Waals surface area contributed by atoms with E-state index in [-0.39, 0.29) is 51.2 Å². The number of hydrogen-bond acceptors (Lipinski definition) is 9. The molecule has 0 aliphatic heterocycles. The van der Waals surface area contributed by atoms with Crippen molar-refractivity contribution in [2.24, 2.45) is 0 Å². The lowest BCUT2D eigenvalue weighted by molar-refractivity contribution is -0.147. The van der Waals surface area contributed by atoms with Gasteiger partial charge in [-0.25, -0.2) is 0 Å². The van der Waals surface area contributed by atoms with Crippen molar-refractivity contribution in [3.8, 4) is 0 Å². The second kappa shape index (κ2) is 42.3. The molecule has 0 rings (SSSR count). The van der Waals surface area contributed by atoms with Crippen LogP contribution >= 0.6 is 0 Å². The van der Waals surface area contributed by atoms with E-state index in [0.717, 1.165) is 70.5 Å². The van der Waals surface area contributed by atoms with Crippen LogP contribution in [0.5, 0.6) is 0 Å². The van der Waals surface area contributed by atoms with Crippen LogP contribution in [0.1, 0.15) is 181 Å². The van der Waals surface area contributed by atoms with Gasteiger partial charge in [-0.1, -0.05) is 140 Å². The first-order chi connectivity index (χ1) is 27.3. The molecule has 0 amide bonds. The van der Waals surface area contributed by atoms with Gasteiger partial charge in [-0.05, 0) is 77.0 Å². The molecule has 0 aliphatic carbocycles. The van der Waals surface area contributed by atoms with Gasteiger partial charge in [0.05, 0.1) is 58.7 Å². The van der Waals surface area contributed by atoms with Crippen LogP contribution in [-0.4, -0.2) is 72.4 Å². The lowest BCUT2D eigenvalue weighted by Gasteiger charge is -2.17. The summed E-state index contributed by atoms with van der Waals surface area (Å²) >= 11 is 0. The van der Waals surface area contributed by atoms with E-state index in [4.69, 9.17) is 23.1 Å². The van der Waals surface area contributed by atoms with E-state index in [1.165, 1.54) is 89.9 Å². The maximum Gasteiger partial charge on any atom is 0.308 e. The second-order valence-corrected chi connectivity index (χ2v) is 16.3. The van der Waals surface area contributed by atoms with Crippen LogP contribution in [-0.2, 0) is 42.8 Å². The maximum absolute atomic E-state index is 12.2. The third-order valence-electron chi connectivity index (χ3n) is 9.10. The van der Waals surface area contributed by atoms with Gasteiger partial charge in [0.15, 0.2) is 0 Å². The van der Waals surface area contributed by atoms with Crippen LogP contribution in [0.3, 0.4) is 0 Å². The monoisotopic (exact) mass is 811 g/mol. The van der Waals surface area contributed by atoms with Gasteiger partial charge < -0.3 is 18.9 Å². The van der Waals surface area contributed by atoms with E-state index in [1.807, 2.05) is 0 Å². The van der Waals surface area contributed by atoms with Gasteiger partial charge >= 0.3 is 11.9 Å². The van der Waals surface area contributed by atoms with Crippen molar-refractivity contribution in [3.63, 3.8) is 0 Å². The number of hydrogen-bond donors (Lipinski definition) is 0. The fourth-order valence-corrected chi connectivity index (χ4v) is 6.12. The molecule has 326 valence electrons. The molecular weight excluding hydrogens is 729 g/mol. The van der Waals surface area contributed by atoms with Crippen LogP contribution in [0.25, 0.3) is 0 Å². The quantitative estimate of drug-likeness (QED) is 0.0257. The van der Waals surface area contributed by atoms with E-state index in [1.54, 1.807) is 0 Å². The number of carbonyl (C=O) groups excluding carboxylic acids is 2. The Morgan fingerprint density at radius 3 is 1.30 bits per heavy atom. The summed E-state index contributed by atoms with van der Waals surface area (Å²) in [6.07, 6.45) is 46.2. The lowest BCUT2D eigenvalue weighted by atomic mass is 10.1. The fraction of sp³-hybridized carbons (Fsp3) is 0.783. The van der Waals surface area contributed by atoms with Crippen LogP contribution in [0.4, 0.5) is 0 Å². The number of ether oxygens (including phenoxy) is 4. The standard InChI is InChI=1S/C46H82O9S/c1-4-6-8-10-12-14-16-18-20-22-24-26-28-30-32-34-38-53-45(47)36-40-51-42-44(43-55-56(3,49)50)52-41-37-46(48)54-39-35-33-31-29-27-25-23-21-19-17-15-13-11-9-7-5-2/h12-15,18-21,44H,4-11,16-17,22-43H2,1-3H3/b14-12-,15-13-,20-18-,21-19-. The molecule has 0 bridgehead atoms. The first-order valence-corrected chi connectivity index (χ1v) is 24.0. The Hall–Kier alpha value is -2.27. The van der Waals surface area contributed by atoms with Crippen molar-refractivity contribution in [1.82, 2.24) is 0 Å². The molecule has 9 nitrogen and oxygen atoms in total. The zero-order chi connectivity index (χ0) is 41.1. The van der Waals surface area contributed by atoms with Crippen LogP contribution in [0.15, 0.2) is 48.6 Å². The Kier molecular flexibility index (Phi) is 40.6. The van der Waals surface area contributed by atoms with Crippen LogP contribution in [0, 0.1) is 0 Å². The summed E-state index contributed by atoms with van der Waals surface area (Å²) in [6, 6.07) is 0. The average Bonchev–Trinajstić information content (AvgIpc) is 3.17. The Bertz CT molecular complexity index is 1110. The number of esters is 2. The molecule has 0 aliphatic rings. The minimum atomic E-state index is -3.68. The lowest BCUT2D eigenvalue weighted by Crippen LogP contribution is -2.28. The van der Waals surface area contributed by atoms with Crippen molar-refractivity contribution in [2.75, 3.05) is 45.9 Å². The average molecular weight is 811 g/mol. The molecule has 0 spiro atoms. The molecule has 0 heterocycles. The highest BCUT2D eigenvalue weighted by Crippen LogP contribution is 2.10. The Morgan fingerprint density at radius 2 is 0.875 bits per heavy atom. The molecule has 1 unspecified atom stereocenters. The van der Waals surface area contributed by atoms with Gasteiger partial charge in [0.2, 0.25) is 0 Å². The van der Waals surface area contributed by atoms with Crippen molar-refractivity contribution in [2.45, 2.75) is 187 Å². The van der Waals surface area contributed by atoms with Crippen LogP contribution in [0.2, 0.25) is 0 Å². The summed E-state index contributed by atoms with van der Waals surface area (Å²) in [4.78, 5) is 24.3. The normalized spacial score (nSPS) is 12.8. The van der Waals surface area contributed by atoms with Gasteiger partial charge in [-0.2, -0.15) is 8.42 Å². The molecule has 0 aromatic rings. The van der Waals surface area contributed by atoms with E-state index in [9.17, 15) is 18.0 Å². The molecule has 0 saturated heterocycles. The molecule has 0 N–H and O–H groups in total. The zero-order valence-corrected chi connectivity index (χ0v) is 36.7. The molecule has 0 saturated carbocycles. The molecule has 0 radical (unpaired) electrons. The van der Waals surface area contributed by atoms with Crippen LogP contribution < -0.4 is 0 Å². The minimum Gasteiger partial charge on any atom is -0.466 e. The molecule has 1 atom stereocenters. The third-order valence-corrected chi connectivity index (χ3v) is 9.66. The van der Waals surface area contributed by atoms with Crippen molar-refractivity contribution < 1.29 is 41.1 Å². The smallest absolute Gasteiger partial charge is 0.308 e. The van der Waals surface area contributed by atoms with Crippen molar-refractivity contribution in [3.05, 3.63) is 48.6 Å². The van der Waals surface area contributed by atoms with Gasteiger partial charge in [-0.15, -0.1) is 0 Å². The second-order valence-electron chi connectivity index (χ2n) is 14.7. The maximum atomic E-state index is 12.2. The van der Waals surface area contributed by atoms with E-state index >= 15 is 0 Å². The largest absolute Gasteiger partial charge is 0.466 e. The Morgan fingerprint density at radius 1 is 0.482 bits per heavy atom. The predicted molar refractivity (Wildman–Crippen MR) is 231 cm³/mol. The minimum absolute atomic E-state index is 0.0106. The van der Waals surface area contributed by atoms with Gasteiger partial charge in [-0.3, -0.25) is 13.8 Å². The van der Waals surface area contributed by atoms with Gasteiger partial charge in [0.25, 0.3) is 10.1 Å². The highest BCUT2D eigenvalue weighted by Gasteiger charge is 2.16. The molecule has 0 aromatic heterocycles. The van der Waals surface area contributed by atoms with Gasteiger partial charge in [0.1, 0.15) is 6.10 Å². The summed E-state index contributed by atoms with van der Waals surface area (Å²) in [5, 5.41) is 0. The fourth-order valence-electron chi connectivity index (χ4n) is 5.72. The van der Waals surface area contributed by atoms with E-state index < -0.39 is 16.2 Å². The molecule has 56 heavy (non-hydrogen) atoms. The highest BCUT2D eigenvalue weighted by atomic mass is 32.2. The first-order valence-electron chi connectivity index (χ1n) is 22.2. The summed E-state index contributed by atoms with van der Waals surface area (Å²) in [5.74, 6) is -0.696. The molecular formula is C46H82O9S. The SMILES string of the molecule is CCCCC/C=C\C/C=C\CCCCCCCCOC(=O)CCOCC(COS(C)(=O)=O)OCCC(=O)OCCCCCCCC/C=C\C/C=C\CCCCC. The summed E-state index contributed by atoms with van der Waals surface area (Å²) in [6.45, 7) is 5.15. The van der Waals surface area contributed by atoms with E-state index in [0.29, 0.717) is 13.2 Å². The molecule has 0 aromatic carbocycles. The third kappa shape index (κ3) is 44.4. The predicted octanol–water partition coefficient (Wildman–Crippen LogP) is 11.9. The summed E-state index contributed by atoms with van der Waals surface area (Å²) in [7, 11) is -3.68. The number of unbranched alkanes of at least 4 members (excludes halogenated alkanes) is 18. The first kappa shape index (κ1) is 53.7. The Balaban J connectivity index is 3.87. The Labute approximate surface area is 343 Å². The summed E-state index contributed by atoms with van der Waals surface area (Å²) in [5.41, 5.74) is 0. The number of allylic oxidation sites excluding steroid dienone is 8. The summed E-state index contributed by atoms with van der Waals surface area (Å²) < 4.78 is 49.8. The number of rotatable bonds is 42. The molecule has 10 heteroatoms. The van der Waals surface area contributed by atoms with E-state index in [2.05, 4.69) is 62.5 Å². The van der Waals surface area contributed by atoms with Gasteiger partial charge in [0, 0.05) is 0 Å². The molecule has 0 fully saturated rings. The van der Waals surface area contributed by atoms with Crippen molar-refractivity contribution >= 4 is 22.1 Å². The zero-order valence-electron chi connectivity index (χ0n) is 35.9. The number of carbonyl (C=O) groups is 2. The topological polar surface area (TPSA) is 114 Å². The van der Waals surface area contributed by atoms with Crippen molar-refractivity contribution in [1.29, 1.82) is 0 Å². The highest BCUT2D eigenvalue weighted by molar-refractivity contribution is 7.85.